The molecule has 1 fully saturated rings. The summed E-state index contributed by atoms with van der Waals surface area (Å²) in [7, 11) is 0. The second-order valence-corrected chi connectivity index (χ2v) is 6.72. The summed E-state index contributed by atoms with van der Waals surface area (Å²) in [6.45, 7) is 6.88. The Kier molecular flexibility index (Phi) is 4.10. The van der Waals surface area contributed by atoms with Crippen LogP contribution in [0.25, 0.3) is 11.3 Å². The molecule has 0 radical (unpaired) electrons. The number of H-pyrrole nitrogens is 1. The molecule has 0 saturated carbocycles. The van der Waals surface area contributed by atoms with Crippen molar-refractivity contribution >= 4 is 5.91 Å². The maximum atomic E-state index is 12.9. The normalized spacial score (nSPS) is 17.5. The summed E-state index contributed by atoms with van der Waals surface area (Å²) >= 11 is 0. The summed E-state index contributed by atoms with van der Waals surface area (Å²) in [5.74, 6) is 0.110. The van der Waals surface area contributed by atoms with Crippen molar-refractivity contribution in [1.82, 2.24) is 20.0 Å². The number of amides is 1. The third kappa shape index (κ3) is 2.63. The lowest BCUT2D eigenvalue weighted by Crippen LogP contribution is -2.49. The second-order valence-electron chi connectivity index (χ2n) is 6.72. The van der Waals surface area contributed by atoms with Gasteiger partial charge in [-0.15, -0.1) is 0 Å². The number of hydrogen-bond donors (Lipinski definition) is 1. The number of nitrogens with one attached hydrogen (secondary N) is 1. The summed E-state index contributed by atoms with van der Waals surface area (Å²) < 4.78 is 0. The van der Waals surface area contributed by atoms with Crippen molar-refractivity contribution in [3.63, 3.8) is 0 Å². The summed E-state index contributed by atoms with van der Waals surface area (Å²) in [5, 5.41) is 7.51. The average Bonchev–Trinajstić information content (AvgIpc) is 3.06. The first-order chi connectivity index (χ1) is 11.8. The van der Waals surface area contributed by atoms with E-state index in [1.807, 2.05) is 11.0 Å². The van der Waals surface area contributed by atoms with Gasteiger partial charge in [0.15, 0.2) is 0 Å². The zero-order valence-corrected chi connectivity index (χ0v) is 14.2. The van der Waals surface area contributed by atoms with Gasteiger partial charge < -0.3 is 4.90 Å². The molecular formula is C19H24N4O. The van der Waals surface area contributed by atoms with Gasteiger partial charge >= 0.3 is 0 Å². The van der Waals surface area contributed by atoms with Crippen LogP contribution in [-0.2, 0) is 12.8 Å². The number of nitrogens with zero attached hydrogens (tertiary/aromatic N) is 3. The molecule has 2 heterocycles. The maximum absolute atomic E-state index is 12.9. The average molecular weight is 324 g/mol. The lowest BCUT2D eigenvalue weighted by Gasteiger charge is -2.34. The molecule has 24 heavy (non-hydrogen) atoms. The molecule has 1 aliphatic heterocycles. The van der Waals surface area contributed by atoms with Crippen molar-refractivity contribution in [2.24, 2.45) is 0 Å². The van der Waals surface area contributed by atoms with E-state index in [1.54, 1.807) is 0 Å². The molecule has 0 unspecified atom stereocenters. The number of hydrogen-bond acceptors (Lipinski definition) is 3. The highest BCUT2D eigenvalue weighted by atomic mass is 16.2. The second kappa shape index (κ2) is 6.40. The monoisotopic (exact) mass is 324 g/mol. The Balaban J connectivity index is 1.55. The predicted molar refractivity (Wildman–Crippen MR) is 94.1 cm³/mol. The Bertz CT molecular complexity index is 744. The summed E-state index contributed by atoms with van der Waals surface area (Å²) in [6, 6.07) is 8.36. The SMILES string of the molecule is CCCN1CCN(C(=O)c2[nH]nc3c2CCc2ccccc2-3)CC1. The fraction of sp³-hybridized carbons (Fsp3) is 0.474. The van der Waals surface area contributed by atoms with Crippen molar-refractivity contribution in [1.29, 1.82) is 0 Å². The number of carbonyl (C=O) groups excluding carboxylic acids is 1. The van der Waals surface area contributed by atoms with Gasteiger partial charge in [-0.25, -0.2) is 0 Å². The van der Waals surface area contributed by atoms with E-state index < -0.39 is 0 Å². The van der Waals surface area contributed by atoms with Crippen LogP contribution >= 0.6 is 0 Å². The third-order valence-electron chi connectivity index (χ3n) is 5.20. The topological polar surface area (TPSA) is 52.2 Å². The van der Waals surface area contributed by atoms with Crippen LogP contribution in [0, 0.1) is 0 Å². The molecule has 2 aromatic rings. The minimum Gasteiger partial charge on any atom is -0.335 e. The Hall–Kier alpha value is -2.14. The first kappa shape index (κ1) is 15.4. The largest absolute Gasteiger partial charge is 0.335 e. The number of fused-ring (bicyclic) bond motifs is 3. The molecule has 1 aromatic carbocycles. The van der Waals surface area contributed by atoms with Crippen LogP contribution in [0.15, 0.2) is 24.3 Å². The molecule has 5 heteroatoms. The Morgan fingerprint density at radius 1 is 1.17 bits per heavy atom. The fourth-order valence-electron chi connectivity index (χ4n) is 3.89. The van der Waals surface area contributed by atoms with Crippen molar-refractivity contribution in [3.8, 4) is 11.3 Å². The first-order valence-corrected chi connectivity index (χ1v) is 8.95. The zero-order valence-electron chi connectivity index (χ0n) is 14.2. The highest BCUT2D eigenvalue weighted by Crippen LogP contribution is 2.33. The molecule has 126 valence electrons. The number of aromatic amines is 1. The minimum atomic E-state index is 0.110. The van der Waals surface area contributed by atoms with Crippen LogP contribution in [-0.4, -0.2) is 58.6 Å². The van der Waals surface area contributed by atoms with Gasteiger partial charge in [0.1, 0.15) is 5.69 Å². The van der Waals surface area contributed by atoms with E-state index in [4.69, 9.17) is 0 Å². The number of benzene rings is 1. The highest BCUT2D eigenvalue weighted by molar-refractivity contribution is 5.96. The van der Waals surface area contributed by atoms with Crippen molar-refractivity contribution in [2.45, 2.75) is 26.2 Å². The molecule has 2 aliphatic rings. The van der Waals surface area contributed by atoms with Gasteiger partial charge in [-0.3, -0.25) is 14.8 Å². The van der Waals surface area contributed by atoms with E-state index in [-0.39, 0.29) is 5.91 Å². The van der Waals surface area contributed by atoms with Crippen LogP contribution in [0.2, 0.25) is 0 Å². The first-order valence-electron chi connectivity index (χ1n) is 8.95. The Morgan fingerprint density at radius 2 is 1.96 bits per heavy atom. The molecule has 1 amide bonds. The van der Waals surface area contributed by atoms with E-state index in [0.717, 1.165) is 56.8 Å². The highest BCUT2D eigenvalue weighted by Gasteiger charge is 2.29. The number of rotatable bonds is 3. The Labute approximate surface area is 142 Å². The van der Waals surface area contributed by atoms with Crippen LogP contribution in [0.5, 0.6) is 0 Å². The Morgan fingerprint density at radius 3 is 2.75 bits per heavy atom. The standard InChI is InChI=1S/C19H24N4O/c1-2-9-22-10-12-23(13-11-22)19(24)18-16-8-7-14-5-3-4-6-15(14)17(16)20-21-18/h3-6H,2,7-13H2,1H3,(H,20,21). The van der Waals surface area contributed by atoms with Crippen LogP contribution in [0.1, 0.15) is 35.0 Å². The molecule has 1 aliphatic carbocycles. The number of carbonyl (C=O) groups is 1. The van der Waals surface area contributed by atoms with Crippen molar-refractivity contribution in [2.75, 3.05) is 32.7 Å². The number of piperazine rings is 1. The quantitative estimate of drug-likeness (QED) is 0.943. The van der Waals surface area contributed by atoms with Crippen molar-refractivity contribution < 1.29 is 4.79 Å². The van der Waals surface area contributed by atoms with Gasteiger partial charge in [-0.05, 0) is 31.4 Å². The lowest BCUT2D eigenvalue weighted by atomic mass is 9.89. The number of aryl methyl sites for hydroxylation is 1. The minimum absolute atomic E-state index is 0.110. The van der Waals surface area contributed by atoms with Crippen LogP contribution in [0.3, 0.4) is 0 Å². The van der Waals surface area contributed by atoms with E-state index in [2.05, 4.69) is 40.2 Å². The summed E-state index contributed by atoms with van der Waals surface area (Å²) in [4.78, 5) is 17.4. The lowest BCUT2D eigenvalue weighted by molar-refractivity contribution is 0.0630. The van der Waals surface area contributed by atoms with Crippen molar-refractivity contribution in [3.05, 3.63) is 41.1 Å². The van der Waals surface area contributed by atoms with E-state index in [0.29, 0.717) is 5.69 Å². The number of aromatic nitrogens is 2. The van der Waals surface area contributed by atoms with Gasteiger partial charge in [0.25, 0.3) is 5.91 Å². The molecule has 4 rings (SSSR count). The summed E-state index contributed by atoms with van der Waals surface area (Å²) in [6.07, 6.45) is 3.04. The van der Waals surface area contributed by atoms with Crippen LogP contribution in [0.4, 0.5) is 0 Å². The van der Waals surface area contributed by atoms with Gasteiger partial charge in [0.05, 0.1) is 5.69 Å². The third-order valence-corrected chi connectivity index (χ3v) is 5.20. The molecule has 0 bridgehead atoms. The molecule has 0 spiro atoms. The molecule has 0 atom stereocenters. The zero-order chi connectivity index (χ0) is 16.5. The maximum Gasteiger partial charge on any atom is 0.272 e. The van der Waals surface area contributed by atoms with E-state index >= 15 is 0 Å². The smallest absolute Gasteiger partial charge is 0.272 e. The molecule has 1 aromatic heterocycles. The molecular weight excluding hydrogens is 300 g/mol. The molecule has 5 nitrogen and oxygen atoms in total. The van der Waals surface area contributed by atoms with E-state index in [9.17, 15) is 4.79 Å². The van der Waals surface area contributed by atoms with Gasteiger partial charge in [-0.1, -0.05) is 31.2 Å². The fourth-order valence-corrected chi connectivity index (χ4v) is 3.89. The van der Waals surface area contributed by atoms with Crippen LogP contribution < -0.4 is 0 Å². The van der Waals surface area contributed by atoms with Gasteiger partial charge in [0, 0.05) is 37.3 Å². The predicted octanol–water partition coefficient (Wildman–Crippen LogP) is 2.34. The van der Waals surface area contributed by atoms with Gasteiger partial charge in [-0.2, -0.15) is 5.10 Å². The van der Waals surface area contributed by atoms with E-state index in [1.165, 1.54) is 17.5 Å². The van der Waals surface area contributed by atoms with Gasteiger partial charge in [0.2, 0.25) is 0 Å². The molecule has 1 N–H and O–H groups in total. The summed E-state index contributed by atoms with van der Waals surface area (Å²) in [5.41, 5.74) is 5.24. The molecule has 1 saturated heterocycles.